The Morgan fingerprint density at radius 2 is 0.889 bits per heavy atom. The lowest BCUT2D eigenvalue weighted by Gasteiger charge is -2.12. The summed E-state index contributed by atoms with van der Waals surface area (Å²) in [6.45, 7) is 0. The molecule has 1 aliphatic heterocycles. The van der Waals surface area contributed by atoms with E-state index in [4.69, 9.17) is 9.97 Å². The number of hydrogen-bond acceptors (Lipinski definition) is 2. The van der Waals surface area contributed by atoms with Gasteiger partial charge in [0.2, 0.25) is 0 Å². The van der Waals surface area contributed by atoms with Gasteiger partial charge in [0.15, 0.2) is 5.82 Å². The fraction of sp³-hybridized carbons (Fsp3) is 0. The molecule has 0 radical (unpaired) electrons. The van der Waals surface area contributed by atoms with Crippen LogP contribution in [0.15, 0.2) is 182 Å². The summed E-state index contributed by atoms with van der Waals surface area (Å²) in [6.07, 6.45) is 0. The number of benzene rings is 8. The quantitative estimate of drug-likeness (QED) is 0.185. The maximum absolute atomic E-state index is 5.29. The monoisotopic (exact) mass is 686 g/mol. The smallest absolute Gasteiger partial charge is 0.165 e. The van der Waals surface area contributed by atoms with Crippen LogP contribution in [0.2, 0.25) is 0 Å². The molecule has 0 saturated heterocycles. The number of nitrogens with zero attached hydrogens (tertiary/aromatic N) is 4. The van der Waals surface area contributed by atoms with Crippen molar-refractivity contribution in [3.63, 3.8) is 0 Å². The van der Waals surface area contributed by atoms with Crippen LogP contribution in [0.4, 0.5) is 0 Å². The molecular weight excluding hydrogens is 657 g/mol. The first kappa shape index (κ1) is 29.3. The number of aromatic nitrogens is 4. The highest BCUT2D eigenvalue weighted by atomic mass is 15.1. The average Bonchev–Trinajstić information content (AvgIpc) is 3.72. The highest BCUT2D eigenvalue weighted by molar-refractivity contribution is 6.17. The lowest BCUT2D eigenvalue weighted by molar-refractivity contribution is 1.09. The molecule has 1 aliphatic rings. The molecule has 0 bridgehead atoms. The second-order valence-corrected chi connectivity index (χ2v) is 14.2. The molecule has 0 fully saturated rings. The Hall–Kier alpha value is -7.30. The molecule has 0 amide bonds. The van der Waals surface area contributed by atoms with Gasteiger partial charge >= 0.3 is 0 Å². The predicted molar refractivity (Wildman–Crippen MR) is 224 cm³/mol. The van der Waals surface area contributed by atoms with Gasteiger partial charge in [-0.2, -0.15) is 0 Å². The SMILES string of the molecule is c1ccc(-n2c3ccccc3c3cc(-c4ccc(-c5cc6c7c(c5)c5ccccc5n7-c5nc7ccccc7nc5-c5ccccc5-6)cc4)ccc32)cc1. The lowest BCUT2D eigenvalue weighted by atomic mass is 9.92. The van der Waals surface area contributed by atoms with E-state index in [1.165, 1.54) is 66.1 Å². The molecule has 12 rings (SSSR count). The number of hydrogen-bond donors (Lipinski definition) is 0. The summed E-state index contributed by atoms with van der Waals surface area (Å²) in [4.78, 5) is 10.6. The Morgan fingerprint density at radius 3 is 1.67 bits per heavy atom. The highest BCUT2D eigenvalue weighted by Gasteiger charge is 2.27. The molecule has 8 aromatic carbocycles. The molecule has 4 nitrogen and oxygen atoms in total. The van der Waals surface area contributed by atoms with E-state index in [-0.39, 0.29) is 0 Å². The summed E-state index contributed by atoms with van der Waals surface area (Å²) in [6, 6.07) is 65.5. The van der Waals surface area contributed by atoms with Gasteiger partial charge in [-0.25, -0.2) is 9.97 Å². The summed E-state index contributed by atoms with van der Waals surface area (Å²) in [7, 11) is 0. The summed E-state index contributed by atoms with van der Waals surface area (Å²) >= 11 is 0. The summed E-state index contributed by atoms with van der Waals surface area (Å²) in [5, 5.41) is 4.92. The molecule has 54 heavy (non-hydrogen) atoms. The van der Waals surface area contributed by atoms with Gasteiger partial charge in [0.1, 0.15) is 5.69 Å². The van der Waals surface area contributed by atoms with Crippen molar-refractivity contribution >= 4 is 54.6 Å². The van der Waals surface area contributed by atoms with Gasteiger partial charge in [-0.15, -0.1) is 0 Å². The minimum atomic E-state index is 0.868. The first-order valence-electron chi connectivity index (χ1n) is 18.4. The fourth-order valence-electron chi connectivity index (χ4n) is 8.80. The van der Waals surface area contributed by atoms with Crippen molar-refractivity contribution in [2.24, 2.45) is 0 Å². The molecule has 11 aromatic rings. The molecule has 0 spiro atoms. The Labute approximate surface area is 310 Å². The van der Waals surface area contributed by atoms with Crippen molar-refractivity contribution in [1.82, 2.24) is 19.1 Å². The fourth-order valence-corrected chi connectivity index (χ4v) is 8.80. The standard InChI is InChI=1S/C50H30N4/c1-2-12-35(13-3-1)53-45-20-10-6-15-37(45)40-28-33(26-27-47(40)53)31-22-24-32(25-23-31)34-29-41-36-14-4-5-17-39(36)48-50(52-44-19-9-8-18-43(44)51-48)54-46-21-11-7-16-38(46)42(30-34)49(41)54/h1-30H. The van der Waals surface area contributed by atoms with Gasteiger partial charge in [0.05, 0.1) is 33.1 Å². The van der Waals surface area contributed by atoms with Crippen LogP contribution in [-0.4, -0.2) is 19.1 Å². The Kier molecular flexibility index (Phi) is 6.02. The maximum atomic E-state index is 5.29. The summed E-state index contributed by atoms with van der Waals surface area (Å²) in [5.74, 6) is 0.868. The summed E-state index contributed by atoms with van der Waals surface area (Å²) in [5.41, 5.74) is 16.8. The van der Waals surface area contributed by atoms with E-state index in [0.717, 1.165) is 44.7 Å². The van der Waals surface area contributed by atoms with Gasteiger partial charge in [-0.3, -0.25) is 4.57 Å². The zero-order valence-electron chi connectivity index (χ0n) is 29.1. The molecule has 0 saturated carbocycles. The lowest BCUT2D eigenvalue weighted by Crippen LogP contribution is -2.02. The molecule has 250 valence electrons. The van der Waals surface area contributed by atoms with Crippen LogP contribution in [0, 0.1) is 0 Å². The van der Waals surface area contributed by atoms with Crippen molar-refractivity contribution in [2.75, 3.05) is 0 Å². The van der Waals surface area contributed by atoms with Crippen molar-refractivity contribution in [3.8, 4) is 56.1 Å². The van der Waals surface area contributed by atoms with Crippen molar-refractivity contribution in [1.29, 1.82) is 0 Å². The zero-order chi connectivity index (χ0) is 35.3. The molecule has 4 heteroatoms. The number of rotatable bonds is 3. The third-order valence-electron chi connectivity index (χ3n) is 11.2. The second kappa shape index (κ2) is 11.1. The largest absolute Gasteiger partial charge is 0.309 e. The molecule has 0 unspecified atom stereocenters. The molecular formula is C50H30N4. The van der Waals surface area contributed by atoms with Gasteiger partial charge in [-0.05, 0) is 88.5 Å². The van der Waals surface area contributed by atoms with Crippen LogP contribution in [0.1, 0.15) is 0 Å². The van der Waals surface area contributed by atoms with Crippen LogP contribution in [0.25, 0.3) is 111 Å². The van der Waals surface area contributed by atoms with Crippen LogP contribution >= 0.6 is 0 Å². The Balaban J connectivity index is 1.03. The summed E-state index contributed by atoms with van der Waals surface area (Å²) < 4.78 is 4.71. The van der Waals surface area contributed by atoms with E-state index in [1.807, 2.05) is 12.1 Å². The van der Waals surface area contributed by atoms with E-state index in [2.05, 4.69) is 179 Å². The van der Waals surface area contributed by atoms with Gasteiger partial charge in [0.25, 0.3) is 0 Å². The molecule has 3 aromatic heterocycles. The van der Waals surface area contributed by atoms with Crippen LogP contribution in [0.5, 0.6) is 0 Å². The third-order valence-corrected chi connectivity index (χ3v) is 11.2. The highest BCUT2D eigenvalue weighted by Crippen LogP contribution is 2.47. The van der Waals surface area contributed by atoms with Crippen molar-refractivity contribution in [3.05, 3.63) is 182 Å². The van der Waals surface area contributed by atoms with Crippen molar-refractivity contribution < 1.29 is 0 Å². The van der Waals surface area contributed by atoms with Gasteiger partial charge < -0.3 is 4.57 Å². The predicted octanol–water partition coefficient (Wildman–Crippen LogP) is 12.8. The van der Waals surface area contributed by atoms with Crippen LogP contribution in [-0.2, 0) is 0 Å². The molecule has 4 heterocycles. The van der Waals surface area contributed by atoms with E-state index < -0.39 is 0 Å². The third kappa shape index (κ3) is 4.13. The Bertz CT molecular complexity index is 3310. The molecule has 0 N–H and O–H groups in total. The Morgan fingerprint density at radius 1 is 0.333 bits per heavy atom. The van der Waals surface area contributed by atoms with E-state index in [1.54, 1.807) is 0 Å². The molecule has 0 aliphatic carbocycles. The molecule has 0 atom stereocenters. The van der Waals surface area contributed by atoms with Crippen LogP contribution < -0.4 is 0 Å². The zero-order valence-corrected chi connectivity index (χ0v) is 29.1. The normalized spacial score (nSPS) is 12.1. The number of fused-ring (bicyclic) bond motifs is 12. The van der Waals surface area contributed by atoms with Crippen LogP contribution in [0.3, 0.4) is 0 Å². The van der Waals surface area contributed by atoms with Crippen molar-refractivity contribution in [2.45, 2.75) is 0 Å². The van der Waals surface area contributed by atoms with Gasteiger partial charge in [0, 0.05) is 38.4 Å². The van der Waals surface area contributed by atoms with E-state index in [9.17, 15) is 0 Å². The minimum absolute atomic E-state index is 0.868. The first-order chi connectivity index (χ1) is 26.8. The minimum Gasteiger partial charge on any atom is -0.309 e. The topological polar surface area (TPSA) is 35.6 Å². The second-order valence-electron chi connectivity index (χ2n) is 14.2. The van der Waals surface area contributed by atoms with Gasteiger partial charge in [-0.1, -0.05) is 121 Å². The number of para-hydroxylation sites is 5. The average molecular weight is 687 g/mol. The maximum Gasteiger partial charge on any atom is 0.165 e. The van der Waals surface area contributed by atoms with E-state index in [0.29, 0.717) is 0 Å². The first-order valence-corrected chi connectivity index (χ1v) is 18.4. The van der Waals surface area contributed by atoms with E-state index >= 15 is 0 Å².